The van der Waals surface area contributed by atoms with Crippen molar-refractivity contribution in [3.8, 4) is 0 Å². The maximum atomic E-state index is 11.2. The van der Waals surface area contributed by atoms with Crippen LogP contribution in [0.1, 0.15) is 31.8 Å². The van der Waals surface area contributed by atoms with Gasteiger partial charge in [0.2, 0.25) is 5.91 Å². The molecular weight excluding hydrogens is 564 g/mol. The molecule has 14 heteroatoms. The molecule has 0 aliphatic heterocycles. The first-order chi connectivity index (χ1) is 21.1. The third kappa shape index (κ3) is 6.85. The van der Waals surface area contributed by atoms with Gasteiger partial charge in [-0.1, -0.05) is 48.5 Å². The van der Waals surface area contributed by atoms with Crippen molar-refractivity contribution in [2.75, 3.05) is 0 Å². The van der Waals surface area contributed by atoms with Crippen molar-refractivity contribution in [2.45, 2.75) is 13.1 Å². The first-order valence-electron chi connectivity index (χ1n) is 13.4. The van der Waals surface area contributed by atoms with Crippen LogP contribution in [0.4, 0.5) is 0 Å². The molecule has 0 bridgehead atoms. The number of primary amides is 1. The predicted octanol–water partition coefficient (Wildman–Crippen LogP) is 0.326. The second-order valence-corrected chi connectivity index (χ2v) is 10.1. The molecule has 220 valence electrons. The van der Waals surface area contributed by atoms with Crippen LogP contribution in [0.25, 0.3) is 21.8 Å². The Morgan fingerprint density at radius 3 is 1.43 bits per heavy atom. The van der Waals surface area contributed by atoms with Crippen molar-refractivity contribution in [3.63, 3.8) is 0 Å². The van der Waals surface area contributed by atoms with Gasteiger partial charge in [0.05, 0.1) is 42.1 Å². The van der Waals surface area contributed by atoms with E-state index in [4.69, 9.17) is 30.9 Å². The minimum absolute atomic E-state index is 0.230. The van der Waals surface area contributed by atoms with Crippen LogP contribution < -0.4 is 16.7 Å². The summed E-state index contributed by atoms with van der Waals surface area (Å²) in [5.74, 6) is -1.43. The molecular formula is C30H27B2N5O7. The van der Waals surface area contributed by atoms with Crippen molar-refractivity contribution in [2.24, 2.45) is 5.73 Å². The average Bonchev–Trinajstić information content (AvgIpc) is 3.61. The van der Waals surface area contributed by atoms with Gasteiger partial charge in [0.15, 0.2) is 0 Å². The number of aromatic nitrogens is 4. The van der Waals surface area contributed by atoms with E-state index in [0.29, 0.717) is 29.6 Å². The molecule has 4 aromatic carbocycles. The number of aromatic carboxylic acids is 1. The molecule has 2 aromatic heterocycles. The summed E-state index contributed by atoms with van der Waals surface area (Å²) in [6, 6.07) is 23.9. The zero-order valence-corrected chi connectivity index (χ0v) is 23.2. The van der Waals surface area contributed by atoms with Gasteiger partial charge < -0.3 is 30.9 Å². The predicted molar refractivity (Wildman–Crippen MR) is 166 cm³/mol. The molecule has 6 aromatic rings. The molecule has 2 heterocycles. The monoisotopic (exact) mass is 591 g/mol. The summed E-state index contributed by atoms with van der Waals surface area (Å²) in [4.78, 5) is 22.1. The van der Waals surface area contributed by atoms with Crippen LogP contribution in [-0.4, -0.2) is 70.9 Å². The number of amides is 1. The van der Waals surface area contributed by atoms with E-state index in [1.165, 1.54) is 0 Å². The van der Waals surface area contributed by atoms with E-state index >= 15 is 0 Å². The van der Waals surface area contributed by atoms with Gasteiger partial charge in [-0.2, -0.15) is 10.2 Å². The number of carbonyl (C=O) groups excluding carboxylic acids is 1. The largest absolute Gasteiger partial charge is 0.488 e. The number of fused-ring (bicyclic) bond motifs is 2. The molecule has 7 N–H and O–H groups in total. The van der Waals surface area contributed by atoms with Gasteiger partial charge in [-0.3, -0.25) is 14.2 Å². The SMILES string of the molecule is NC(=O)c1ccc2c(cnn2Cc2ccc(B(O)O)cc2)c1.O=C(O)c1ccc2c(cnn2Cc2ccc(B(O)O)cc2)c1. The Hall–Kier alpha value is -5.27. The van der Waals surface area contributed by atoms with Crippen LogP contribution >= 0.6 is 0 Å². The minimum atomic E-state index is -1.48. The number of benzene rings is 4. The van der Waals surface area contributed by atoms with Crippen molar-refractivity contribution in [1.29, 1.82) is 0 Å². The molecule has 0 saturated heterocycles. The van der Waals surface area contributed by atoms with Crippen molar-refractivity contribution in [1.82, 2.24) is 19.6 Å². The fourth-order valence-corrected chi connectivity index (χ4v) is 4.65. The first kappa shape index (κ1) is 30.2. The van der Waals surface area contributed by atoms with E-state index in [2.05, 4.69) is 10.2 Å². The Morgan fingerprint density at radius 2 is 1.05 bits per heavy atom. The van der Waals surface area contributed by atoms with Crippen LogP contribution in [0, 0.1) is 0 Å². The number of nitrogens with two attached hydrogens (primary N) is 1. The molecule has 0 aliphatic carbocycles. The molecule has 1 amide bonds. The number of hydrogen-bond donors (Lipinski definition) is 6. The van der Waals surface area contributed by atoms with Gasteiger partial charge in [0, 0.05) is 16.3 Å². The lowest BCUT2D eigenvalue weighted by Crippen LogP contribution is -2.29. The summed E-state index contributed by atoms with van der Waals surface area (Å²) in [6.45, 7) is 1.05. The van der Waals surface area contributed by atoms with Gasteiger partial charge in [-0.25, -0.2) is 4.79 Å². The quantitative estimate of drug-likeness (QED) is 0.135. The summed E-state index contributed by atoms with van der Waals surface area (Å²) in [7, 11) is -2.94. The molecule has 0 spiro atoms. The Bertz CT molecular complexity index is 1800. The third-order valence-electron chi connectivity index (χ3n) is 7.04. The lowest BCUT2D eigenvalue weighted by molar-refractivity contribution is 0.0696. The van der Waals surface area contributed by atoms with Gasteiger partial charge in [0.1, 0.15) is 0 Å². The van der Waals surface area contributed by atoms with Crippen molar-refractivity contribution < 1.29 is 34.8 Å². The topological polar surface area (TPSA) is 197 Å². The van der Waals surface area contributed by atoms with Crippen molar-refractivity contribution >= 4 is 58.8 Å². The zero-order chi connectivity index (χ0) is 31.4. The van der Waals surface area contributed by atoms with Crippen LogP contribution in [-0.2, 0) is 13.1 Å². The van der Waals surface area contributed by atoms with E-state index in [9.17, 15) is 9.59 Å². The highest BCUT2D eigenvalue weighted by molar-refractivity contribution is 6.58. The summed E-state index contributed by atoms with van der Waals surface area (Å²) in [5, 5.41) is 55.5. The highest BCUT2D eigenvalue weighted by atomic mass is 16.4. The number of rotatable bonds is 8. The normalized spacial score (nSPS) is 10.8. The van der Waals surface area contributed by atoms with E-state index in [1.54, 1.807) is 83.8 Å². The summed E-state index contributed by atoms with van der Waals surface area (Å²) >= 11 is 0. The Kier molecular flexibility index (Phi) is 8.88. The van der Waals surface area contributed by atoms with Crippen LogP contribution in [0.15, 0.2) is 97.3 Å². The highest BCUT2D eigenvalue weighted by Crippen LogP contribution is 2.18. The summed E-state index contributed by atoms with van der Waals surface area (Å²) in [6.07, 6.45) is 3.32. The molecule has 6 rings (SSSR count). The Morgan fingerprint density at radius 1 is 0.636 bits per heavy atom. The third-order valence-corrected chi connectivity index (χ3v) is 7.04. The summed E-state index contributed by atoms with van der Waals surface area (Å²) < 4.78 is 3.58. The Labute approximate surface area is 251 Å². The average molecular weight is 591 g/mol. The lowest BCUT2D eigenvalue weighted by atomic mass is 9.80. The second kappa shape index (κ2) is 12.9. The molecule has 0 saturated carbocycles. The zero-order valence-electron chi connectivity index (χ0n) is 23.2. The maximum Gasteiger partial charge on any atom is 0.488 e. The molecule has 0 aliphatic rings. The molecule has 0 unspecified atom stereocenters. The number of hydrogen-bond acceptors (Lipinski definition) is 8. The molecule has 0 fully saturated rings. The van der Waals surface area contributed by atoms with Gasteiger partial charge in [-0.15, -0.1) is 0 Å². The lowest BCUT2D eigenvalue weighted by Gasteiger charge is -2.06. The molecule has 12 nitrogen and oxygen atoms in total. The first-order valence-corrected chi connectivity index (χ1v) is 13.4. The Balaban J connectivity index is 0.000000175. The molecule has 44 heavy (non-hydrogen) atoms. The van der Waals surface area contributed by atoms with E-state index in [0.717, 1.165) is 32.9 Å². The molecule has 0 atom stereocenters. The second-order valence-electron chi connectivity index (χ2n) is 10.1. The minimum Gasteiger partial charge on any atom is -0.478 e. The van der Waals surface area contributed by atoms with Crippen LogP contribution in [0.5, 0.6) is 0 Å². The van der Waals surface area contributed by atoms with E-state index in [1.807, 2.05) is 22.9 Å². The fourth-order valence-electron chi connectivity index (χ4n) is 4.65. The van der Waals surface area contributed by atoms with Gasteiger partial charge in [-0.05, 0) is 58.5 Å². The number of carboxylic acid groups (broad SMARTS) is 1. The molecule has 0 radical (unpaired) electrons. The number of nitrogens with zero attached hydrogens (tertiary/aromatic N) is 4. The van der Waals surface area contributed by atoms with E-state index in [-0.39, 0.29) is 5.56 Å². The smallest absolute Gasteiger partial charge is 0.478 e. The standard InChI is InChI=1S/C15H14BN3O3.C15H13BN2O4/c17-15(20)11-3-6-14-12(7-11)8-18-19(14)9-10-1-4-13(5-2-10)16(21)22;19-15(20)11-3-6-14-12(7-11)8-17-18(14)9-10-1-4-13(5-2-10)16(21)22/h1-8,21-22H,9H2,(H2,17,20);1-8,21-22H,9H2,(H,19,20). The number of carboxylic acids is 1. The summed E-state index contributed by atoms with van der Waals surface area (Å²) in [5.41, 5.74) is 10.5. The van der Waals surface area contributed by atoms with Crippen LogP contribution in [0.2, 0.25) is 0 Å². The maximum absolute atomic E-state index is 11.2. The number of carbonyl (C=O) groups is 2. The van der Waals surface area contributed by atoms with Crippen LogP contribution in [0.3, 0.4) is 0 Å². The highest BCUT2D eigenvalue weighted by Gasteiger charge is 2.13. The van der Waals surface area contributed by atoms with Gasteiger partial charge >= 0.3 is 20.2 Å². The fraction of sp³-hybridized carbons (Fsp3) is 0.0667. The van der Waals surface area contributed by atoms with Crippen molar-refractivity contribution in [3.05, 3.63) is 120 Å². The van der Waals surface area contributed by atoms with E-state index < -0.39 is 26.1 Å². The van der Waals surface area contributed by atoms with Gasteiger partial charge in [0.25, 0.3) is 0 Å².